The van der Waals surface area contributed by atoms with Gasteiger partial charge in [0.05, 0.1) is 5.56 Å². The van der Waals surface area contributed by atoms with Gasteiger partial charge in [0.25, 0.3) is 0 Å². The van der Waals surface area contributed by atoms with Gasteiger partial charge in [-0.2, -0.15) is 13.2 Å². The lowest BCUT2D eigenvalue weighted by Gasteiger charge is -2.10. The highest BCUT2D eigenvalue weighted by Gasteiger charge is 2.30. The standard InChI is InChI=1S/C21H21F3/c1-2-3-4-5-6-15-7-11-19-16(13-15)8-9-17-14-18(21(22,23)24)10-12-20(17)19/h7-14H,2-6H2,1H3. The molecule has 0 bridgehead atoms. The monoisotopic (exact) mass is 330 g/mol. The van der Waals surface area contributed by atoms with Crippen molar-refractivity contribution < 1.29 is 13.2 Å². The van der Waals surface area contributed by atoms with Gasteiger partial charge in [0.2, 0.25) is 0 Å². The van der Waals surface area contributed by atoms with Crippen molar-refractivity contribution in [3.8, 4) is 0 Å². The second-order valence-corrected chi connectivity index (χ2v) is 6.37. The molecule has 3 rings (SSSR count). The van der Waals surface area contributed by atoms with Crippen LogP contribution in [0.15, 0.2) is 48.5 Å². The van der Waals surface area contributed by atoms with Gasteiger partial charge in [-0.1, -0.05) is 62.6 Å². The van der Waals surface area contributed by atoms with Gasteiger partial charge in [-0.15, -0.1) is 0 Å². The van der Waals surface area contributed by atoms with Crippen molar-refractivity contribution >= 4 is 21.5 Å². The Balaban J connectivity index is 1.93. The first-order valence-electron chi connectivity index (χ1n) is 8.51. The highest BCUT2D eigenvalue weighted by atomic mass is 19.4. The number of fused-ring (bicyclic) bond motifs is 3. The molecule has 0 heterocycles. The van der Waals surface area contributed by atoms with E-state index in [9.17, 15) is 13.2 Å². The molecule has 0 spiro atoms. The molecule has 3 aromatic rings. The summed E-state index contributed by atoms with van der Waals surface area (Å²) in [4.78, 5) is 0. The van der Waals surface area contributed by atoms with E-state index in [0.29, 0.717) is 5.39 Å². The van der Waals surface area contributed by atoms with Crippen molar-refractivity contribution in [1.82, 2.24) is 0 Å². The van der Waals surface area contributed by atoms with Gasteiger partial charge < -0.3 is 0 Å². The smallest absolute Gasteiger partial charge is 0.166 e. The topological polar surface area (TPSA) is 0 Å². The fourth-order valence-electron chi connectivity index (χ4n) is 3.21. The molecule has 0 aromatic heterocycles. The van der Waals surface area contributed by atoms with Gasteiger partial charge in [0.1, 0.15) is 0 Å². The molecular formula is C21H21F3. The molecule has 3 heteroatoms. The van der Waals surface area contributed by atoms with E-state index >= 15 is 0 Å². The number of hydrogen-bond donors (Lipinski definition) is 0. The number of aryl methyl sites for hydroxylation is 1. The van der Waals surface area contributed by atoms with Crippen LogP contribution >= 0.6 is 0 Å². The first-order valence-corrected chi connectivity index (χ1v) is 8.51. The van der Waals surface area contributed by atoms with Crippen LogP contribution in [0.25, 0.3) is 21.5 Å². The van der Waals surface area contributed by atoms with E-state index in [1.165, 1.54) is 43.4 Å². The van der Waals surface area contributed by atoms with Crippen LogP contribution in [0.3, 0.4) is 0 Å². The summed E-state index contributed by atoms with van der Waals surface area (Å²) in [6, 6.07) is 14.0. The van der Waals surface area contributed by atoms with Crippen LogP contribution in [0.2, 0.25) is 0 Å². The molecule has 0 atom stereocenters. The first-order chi connectivity index (χ1) is 11.5. The maximum absolute atomic E-state index is 12.9. The van der Waals surface area contributed by atoms with Gasteiger partial charge in [0.15, 0.2) is 0 Å². The van der Waals surface area contributed by atoms with E-state index in [0.717, 1.165) is 22.6 Å². The Morgan fingerprint density at radius 2 is 1.42 bits per heavy atom. The molecule has 0 nitrogen and oxygen atoms in total. The fraction of sp³-hybridized carbons (Fsp3) is 0.333. The third-order valence-electron chi connectivity index (χ3n) is 4.55. The molecule has 0 saturated carbocycles. The van der Waals surface area contributed by atoms with E-state index in [2.05, 4.69) is 19.1 Å². The minimum atomic E-state index is -4.30. The molecule has 0 saturated heterocycles. The van der Waals surface area contributed by atoms with E-state index < -0.39 is 11.7 Å². The first kappa shape index (κ1) is 16.8. The van der Waals surface area contributed by atoms with Crippen LogP contribution in [0.1, 0.15) is 43.7 Å². The molecule has 0 unspecified atom stereocenters. The second-order valence-electron chi connectivity index (χ2n) is 6.37. The predicted molar refractivity (Wildman–Crippen MR) is 94.3 cm³/mol. The maximum Gasteiger partial charge on any atom is 0.416 e. The molecule has 0 amide bonds. The van der Waals surface area contributed by atoms with Crippen molar-refractivity contribution in [2.45, 2.75) is 45.2 Å². The summed E-state index contributed by atoms with van der Waals surface area (Å²) in [7, 11) is 0. The van der Waals surface area contributed by atoms with Crippen LogP contribution in [-0.2, 0) is 12.6 Å². The van der Waals surface area contributed by atoms with Gasteiger partial charge in [-0.05, 0) is 52.1 Å². The molecule has 0 aliphatic rings. The lowest BCUT2D eigenvalue weighted by Crippen LogP contribution is -2.04. The average molecular weight is 330 g/mol. The summed E-state index contributed by atoms with van der Waals surface area (Å²) in [5.41, 5.74) is 0.701. The normalized spacial score (nSPS) is 12.2. The van der Waals surface area contributed by atoms with E-state index in [4.69, 9.17) is 0 Å². The molecule has 0 radical (unpaired) electrons. The highest BCUT2D eigenvalue weighted by Crippen LogP contribution is 2.34. The van der Waals surface area contributed by atoms with Crippen LogP contribution in [0.5, 0.6) is 0 Å². The minimum Gasteiger partial charge on any atom is -0.166 e. The third-order valence-corrected chi connectivity index (χ3v) is 4.55. The Morgan fingerprint density at radius 3 is 2.08 bits per heavy atom. The van der Waals surface area contributed by atoms with Gasteiger partial charge >= 0.3 is 6.18 Å². The number of benzene rings is 3. The molecule has 0 fully saturated rings. The summed E-state index contributed by atoms with van der Waals surface area (Å²) in [5.74, 6) is 0. The van der Waals surface area contributed by atoms with E-state index in [-0.39, 0.29) is 0 Å². The van der Waals surface area contributed by atoms with Crippen molar-refractivity contribution in [3.05, 3.63) is 59.7 Å². The largest absolute Gasteiger partial charge is 0.416 e. The SMILES string of the molecule is CCCCCCc1ccc2c(ccc3cc(C(F)(F)F)ccc32)c1. The molecule has 0 aliphatic heterocycles. The lowest BCUT2D eigenvalue weighted by molar-refractivity contribution is -0.137. The Morgan fingerprint density at radius 1 is 0.750 bits per heavy atom. The lowest BCUT2D eigenvalue weighted by atomic mass is 9.97. The van der Waals surface area contributed by atoms with Crippen molar-refractivity contribution in [2.24, 2.45) is 0 Å². The van der Waals surface area contributed by atoms with E-state index in [1.807, 2.05) is 12.1 Å². The van der Waals surface area contributed by atoms with Crippen LogP contribution in [0, 0.1) is 0 Å². The summed E-state index contributed by atoms with van der Waals surface area (Å²) >= 11 is 0. The Labute approximate surface area is 140 Å². The number of halogens is 3. The fourth-order valence-corrected chi connectivity index (χ4v) is 3.21. The summed E-state index contributed by atoms with van der Waals surface area (Å²) < 4.78 is 38.6. The van der Waals surface area contributed by atoms with E-state index in [1.54, 1.807) is 12.1 Å². The van der Waals surface area contributed by atoms with Crippen molar-refractivity contribution in [3.63, 3.8) is 0 Å². The zero-order chi connectivity index (χ0) is 17.2. The number of rotatable bonds is 5. The molecule has 126 valence electrons. The van der Waals surface area contributed by atoms with Crippen LogP contribution in [-0.4, -0.2) is 0 Å². The average Bonchev–Trinajstić information content (AvgIpc) is 2.57. The second kappa shape index (κ2) is 6.84. The molecule has 0 aliphatic carbocycles. The molecule has 24 heavy (non-hydrogen) atoms. The summed E-state index contributed by atoms with van der Waals surface area (Å²) in [6.07, 6.45) is 1.67. The molecule has 3 aromatic carbocycles. The summed E-state index contributed by atoms with van der Waals surface area (Å²) in [6.45, 7) is 2.20. The van der Waals surface area contributed by atoms with Crippen molar-refractivity contribution in [1.29, 1.82) is 0 Å². The van der Waals surface area contributed by atoms with Gasteiger partial charge in [0, 0.05) is 0 Å². The number of unbranched alkanes of at least 4 members (excludes halogenated alkanes) is 3. The summed E-state index contributed by atoms with van der Waals surface area (Å²) in [5, 5.41) is 3.61. The predicted octanol–water partition coefficient (Wildman–Crippen LogP) is 7.13. The highest BCUT2D eigenvalue weighted by molar-refractivity contribution is 6.07. The Bertz CT molecular complexity index is 847. The van der Waals surface area contributed by atoms with Gasteiger partial charge in [-0.25, -0.2) is 0 Å². The Hall–Kier alpha value is -2.03. The van der Waals surface area contributed by atoms with Crippen LogP contribution < -0.4 is 0 Å². The zero-order valence-electron chi connectivity index (χ0n) is 13.8. The van der Waals surface area contributed by atoms with Crippen molar-refractivity contribution in [2.75, 3.05) is 0 Å². The number of alkyl halides is 3. The van der Waals surface area contributed by atoms with Crippen LogP contribution in [0.4, 0.5) is 13.2 Å². The molecule has 0 N–H and O–H groups in total. The minimum absolute atomic E-state index is 0.595. The third kappa shape index (κ3) is 3.55. The zero-order valence-corrected chi connectivity index (χ0v) is 13.8. The maximum atomic E-state index is 12.9. The quantitative estimate of drug-likeness (QED) is 0.344. The van der Waals surface area contributed by atoms with Gasteiger partial charge in [-0.3, -0.25) is 0 Å². The number of hydrogen-bond acceptors (Lipinski definition) is 0. The Kier molecular flexibility index (Phi) is 4.79. The molecular weight excluding hydrogens is 309 g/mol.